The number of carbonyl (C=O) groups excluding carboxylic acids is 1. The third kappa shape index (κ3) is 5.05. The lowest BCUT2D eigenvalue weighted by Crippen LogP contribution is -2.42. The minimum atomic E-state index is -0.110. The van der Waals surface area contributed by atoms with Crippen LogP contribution in [0.1, 0.15) is 42.6 Å². The van der Waals surface area contributed by atoms with Gasteiger partial charge < -0.3 is 19.5 Å². The van der Waals surface area contributed by atoms with Crippen LogP contribution in [0.5, 0.6) is 5.75 Å². The standard InChI is InChI=1S/C24H29N5O2/c1-3-28-17-25-27-23(28)20-10-7-13-29(15-20)24(30)26-21-12-11-18(2)14-22(21)31-16-19-8-5-4-6-9-19/h4-6,8-9,11-12,14,17,20H,3,7,10,13,15-16H2,1-2H3,(H,26,30)/t20-/m1/s1. The Morgan fingerprint density at radius 1 is 1.23 bits per heavy atom. The summed E-state index contributed by atoms with van der Waals surface area (Å²) in [5, 5.41) is 11.4. The van der Waals surface area contributed by atoms with Crippen molar-refractivity contribution >= 4 is 11.7 Å². The average Bonchev–Trinajstić information content (AvgIpc) is 3.29. The first-order valence-electron chi connectivity index (χ1n) is 10.8. The fraction of sp³-hybridized carbons (Fsp3) is 0.375. The molecule has 1 saturated heterocycles. The molecule has 1 N–H and O–H groups in total. The average molecular weight is 420 g/mol. The van der Waals surface area contributed by atoms with E-state index in [9.17, 15) is 4.79 Å². The van der Waals surface area contributed by atoms with Gasteiger partial charge in [-0.1, -0.05) is 36.4 Å². The van der Waals surface area contributed by atoms with Crippen molar-refractivity contribution in [3.05, 3.63) is 71.8 Å². The summed E-state index contributed by atoms with van der Waals surface area (Å²) in [6.45, 7) is 6.74. The number of hydrogen-bond donors (Lipinski definition) is 1. The van der Waals surface area contributed by atoms with Crippen LogP contribution in [-0.4, -0.2) is 38.8 Å². The van der Waals surface area contributed by atoms with Crippen molar-refractivity contribution in [3.8, 4) is 5.75 Å². The van der Waals surface area contributed by atoms with Crippen molar-refractivity contribution in [2.45, 2.75) is 45.8 Å². The third-order valence-corrected chi connectivity index (χ3v) is 5.68. The van der Waals surface area contributed by atoms with Gasteiger partial charge in [0.2, 0.25) is 0 Å². The number of hydrogen-bond acceptors (Lipinski definition) is 4. The summed E-state index contributed by atoms with van der Waals surface area (Å²) in [6, 6.07) is 15.7. The first-order valence-corrected chi connectivity index (χ1v) is 10.8. The van der Waals surface area contributed by atoms with Gasteiger partial charge in [0.15, 0.2) is 0 Å². The second-order valence-electron chi connectivity index (χ2n) is 7.96. The maximum Gasteiger partial charge on any atom is 0.321 e. The molecule has 0 radical (unpaired) electrons. The minimum absolute atomic E-state index is 0.110. The van der Waals surface area contributed by atoms with Gasteiger partial charge in [-0.15, -0.1) is 10.2 Å². The summed E-state index contributed by atoms with van der Waals surface area (Å²) in [7, 11) is 0. The minimum Gasteiger partial charge on any atom is -0.487 e. The molecule has 7 nitrogen and oxygen atoms in total. The second-order valence-corrected chi connectivity index (χ2v) is 7.96. The SMILES string of the molecule is CCn1cnnc1[C@@H]1CCCN(C(=O)Nc2ccc(C)cc2OCc2ccccc2)C1. The normalized spacial score (nSPS) is 16.2. The molecule has 2 heterocycles. The van der Waals surface area contributed by atoms with Gasteiger partial charge in [0.25, 0.3) is 0 Å². The van der Waals surface area contributed by atoms with Gasteiger partial charge >= 0.3 is 6.03 Å². The van der Waals surface area contributed by atoms with E-state index in [2.05, 4.69) is 27.0 Å². The number of ether oxygens (including phenoxy) is 1. The first kappa shape index (κ1) is 20.9. The highest BCUT2D eigenvalue weighted by Gasteiger charge is 2.28. The zero-order valence-corrected chi connectivity index (χ0v) is 18.1. The molecule has 1 aromatic heterocycles. The molecule has 162 valence electrons. The highest BCUT2D eigenvalue weighted by molar-refractivity contribution is 5.91. The lowest BCUT2D eigenvalue weighted by atomic mass is 9.97. The van der Waals surface area contributed by atoms with Crippen molar-refractivity contribution in [3.63, 3.8) is 0 Å². The molecule has 3 aromatic rings. The molecular formula is C24H29N5O2. The molecule has 1 atom stereocenters. The number of nitrogens with zero attached hydrogens (tertiary/aromatic N) is 4. The molecule has 0 bridgehead atoms. The van der Waals surface area contributed by atoms with Crippen LogP contribution in [0.3, 0.4) is 0 Å². The Kier molecular flexibility index (Phi) is 6.50. The third-order valence-electron chi connectivity index (χ3n) is 5.68. The topological polar surface area (TPSA) is 72.3 Å². The summed E-state index contributed by atoms with van der Waals surface area (Å²) in [5.74, 6) is 1.84. The fourth-order valence-electron chi connectivity index (χ4n) is 3.98. The van der Waals surface area contributed by atoms with Crippen LogP contribution < -0.4 is 10.1 Å². The Bertz CT molecular complexity index is 1020. The van der Waals surface area contributed by atoms with Gasteiger partial charge in [0.05, 0.1) is 5.69 Å². The monoisotopic (exact) mass is 419 g/mol. The van der Waals surface area contributed by atoms with Gasteiger partial charge in [-0.05, 0) is 49.9 Å². The van der Waals surface area contributed by atoms with E-state index in [0.29, 0.717) is 24.6 Å². The lowest BCUT2D eigenvalue weighted by molar-refractivity contribution is 0.190. The van der Waals surface area contributed by atoms with Gasteiger partial charge in [-0.25, -0.2) is 4.79 Å². The number of benzene rings is 2. The summed E-state index contributed by atoms with van der Waals surface area (Å²) in [5.41, 5.74) is 2.85. The smallest absolute Gasteiger partial charge is 0.321 e. The molecule has 2 amide bonds. The first-order chi connectivity index (χ1) is 15.1. The molecule has 1 aliphatic rings. The number of anilines is 1. The second kappa shape index (κ2) is 9.64. The quantitative estimate of drug-likeness (QED) is 0.634. The van der Waals surface area contributed by atoms with Crippen LogP contribution in [0.2, 0.25) is 0 Å². The number of nitrogens with one attached hydrogen (secondary N) is 1. The van der Waals surface area contributed by atoms with Crippen LogP contribution in [0.4, 0.5) is 10.5 Å². The number of amides is 2. The number of urea groups is 1. The highest BCUT2D eigenvalue weighted by Crippen LogP contribution is 2.29. The largest absolute Gasteiger partial charge is 0.487 e. The summed E-state index contributed by atoms with van der Waals surface area (Å²) < 4.78 is 8.10. The number of aromatic nitrogens is 3. The Hall–Kier alpha value is -3.35. The molecule has 0 unspecified atom stereocenters. The zero-order valence-electron chi connectivity index (χ0n) is 18.1. The van der Waals surface area contributed by atoms with Crippen LogP contribution in [0.25, 0.3) is 0 Å². The van der Waals surface area contributed by atoms with E-state index >= 15 is 0 Å². The maximum atomic E-state index is 13.1. The highest BCUT2D eigenvalue weighted by atomic mass is 16.5. The molecule has 0 spiro atoms. The fourth-order valence-corrected chi connectivity index (χ4v) is 3.98. The molecule has 1 aliphatic heterocycles. The van der Waals surface area contributed by atoms with Crippen LogP contribution in [0.15, 0.2) is 54.9 Å². The molecule has 0 aliphatic carbocycles. The molecule has 1 fully saturated rings. The van der Waals surface area contributed by atoms with E-state index in [-0.39, 0.29) is 11.9 Å². The molecule has 4 rings (SSSR count). The van der Waals surface area contributed by atoms with Crippen LogP contribution >= 0.6 is 0 Å². The summed E-state index contributed by atoms with van der Waals surface area (Å²) in [6.07, 6.45) is 3.72. The van der Waals surface area contributed by atoms with E-state index in [1.165, 1.54) is 0 Å². The lowest BCUT2D eigenvalue weighted by Gasteiger charge is -2.32. The molecule has 2 aromatic carbocycles. The Morgan fingerprint density at radius 3 is 2.87 bits per heavy atom. The molecular weight excluding hydrogens is 390 g/mol. The molecule has 7 heteroatoms. The number of carbonyl (C=O) groups is 1. The Morgan fingerprint density at radius 2 is 2.06 bits per heavy atom. The number of rotatable bonds is 6. The van der Waals surface area contributed by atoms with Gasteiger partial charge in [-0.2, -0.15) is 0 Å². The number of likely N-dealkylation sites (tertiary alicyclic amines) is 1. The van der Waals surface area contributed by atoms with E-state index in [1.807, 2.05) is 60.4 Å². The molecule has 0 saturated carbocycles. The summed E-state index contributed by atoms with van der Waals surface area (Å²) in [4.78, 5) is 14.9. The van der Waals surface area contributed by atoms with E-state index < -0.39 is 0 Å². The van der Waals surface area contributed by atoms with Gasteiger partial charge in [0, 0.05) is 25.6 Å². The van der Waals surface area contributed by atoms with Crippen molar-refractivity contribution in [1.29, 1.82) is 0 Å². The van der Waals surface area contributed by atoms with Crippen molar-refractivity contribution in [2.75, 3.05) is 18.4 Å². The predicted octanol–water partition coefficient (Wildman–Crippen LogP) is 4.60. The van der Waals surface area contributed by atoms with Gasteiger partial charge in [-0.3, -0.25) is 0 Å². The Balaban J connectivity index is 1.44. The zero-order chi connectivity index (χ0) is 21.6. The number of piperidine rings is 1. The van der Waals surface area contributed by atoms with E-state index in [1.54, 1.807) is 6.33 Å². The molecule has 31 heavy (non-hydrogen) atoms. The Labute approximate surface area is 183 Å². The maximum absolute atomic E-state index is 13.1. The van der Waals surface area contributed by atoms with Crippen molar-refractivity contribution < 1.29 is 9.53 Å². The number of aryl methyl sites for hydroxylation is 2. The van der Waals surface area contributed by atoms with Crippen molar-refractivity contribution in [2.24, 2.45) is 0 Å². The van der Waals surface area contributed by atoms with Gasteiger partial charge in [0.1, 0.15) is 24.5 Å². The van der Waals surface area contributed by atoms with Crippen molar-refractivity contribution in [1.82, 2.24) is 19.7 Å². The van der Waals surface area contributed by atoms with Crippen LogP contribution in [0, 0.1) is 6.92 Å². The van der Waals surface area contributed by atoms with E-state index in [4.69, 9.17) is 4.74 Å². The predicted molar refractivity (Wildman–Crippen MR) is 120 cm³/mol. The van der Waals surface area contributed by atoms with E-state index in [0.717, 1.165) is 42.9 Å². The van der Waals surface area contributed by atoms with Crippen LogP contribution in [-0.2, 0) is 13.2 Å². The summed E-state index contributed by atoms with van der Waals surface area (Å²) >= 11 is 0.